The van der Waals surface area contributed by atoms with E-state index in [1.165, 1.54) is 24.3 Å². The van der Waals surface area contributed by atoms with Crippen LogP contribution >= 0.6 is 0 Å². The first kappa shape index (κ1) is 28.6. The predicted molar refractivity (Wildman–Crippen MR) is 112 cm³/mol. The van der Waals surface area contributed by atoms with Crippen LogP contribution in [0.3, 0.4) is 0 Å². The summed E-state index contributed by atoms with van der Waals surface area (Å²) in [7, 11) is 0. The molecule has 5 N–H and O–H groups in total. The summed E-state index contributed by atoms with van der Waals surface area (Å²) in [6.07, 6.45) is -12.6. The maximum absolute atomic E-state index is 12.2. The Kier molecular flexibility index (Phi) is 11.0. The van der Waals surface area contributed by atoms with Gasteiger partial charge in [0.2, 0.25) is 6.29 Å². The van der Waals surface area contributed by atoms with Crippen LogP contribution < -0.4 is 10.5 Å². The van der Waals surface area contributed by atoms with E-state index in [0.717, 1.165) is 0 Å². The quantitative estimate of drug-likeness (QED) is 0.0794. The second-order valence-electron chi connectivity index (χ2n) is 7.66. The van der Waals surface area contributed by atoms with E-state index >= 15 is 0 Å². The Hall–Kier alpha value is -2.65. The van der Waals surface area contributed by atoms with Gasteiger partial charge < -0.3 is 34.3 Å². The summed E-state index contributed by atoms with van der Waals surface area (Å²) in [5, 5.41) is 33.9. The van der Waals surface area contributed by atoms with Crippen LogP contribution in [0.4, 0.5) is 13.2 Å². The van der Waals surface area contributed by atoms with E-state index in [9.17, 15) is 33.3 Å². The Labute approximate surface area is 198 Å². The predicted octanol–water partition coefficient (Wildman–Crippen LogP) is 0.913. The fourth-order valence-electron chi connectivity index (χ4n) is 3.10. The molecule has 196 valence electrons. The highest BCUT2D eigenvalue weighted by Gasteiger charge is 2.45. The number of halogens is 3. The van der Waals surface area contributed by atoms with Crippen LogP contribution in [-0.2, 0) is 25.4 Å². The summed E-state index contributed by atoms with van der Waals surface area (Å²) >= 11 is 0. The number of esters is 1. The van der Waals surface area contributed by atoms with Crippen molar-refractivity contribution in [2.24, 2.45) is 10.8 Å². The number of benzene rings is 1. The van der Waals surface area contributed by atoms with Gasteiger partial charge in [-0.2, -0.15) is 13.2 Å². The molecule has 0 radical (unpaired) electrons. The molecule has 12 nitrogen and oxygen atoms in total. The molecule has 1 aromatic carbocycles. The number of carbonyl (C=O) groups excluding carboxylic acids is 1. The summed E-state index contributed by atoms with van der Waals surface area (Å²) in [4.78, 5) is 13.5. The normalized spacial score (nSPS) is 25.4. The largest absolute Gasteiger partial charge is 0.490 e. The van der Waals surface area contributed by atoms with E-state index in [-0.39, 0.29) is 18.8 Å². The van der Waals surface area contributed by atoms with Gasteiger partial charge in [0.25, 0.3) is 0 Å². The van der Waals surface area contributed by atoms with Crippen molar-refractivity contribution in [3.05, 3.63) is 40.3 Å². The Morgan fingerprint density at radius 2 is 1.86 bits per heavy atom. The number of hydrogen-bond donors (Lipinski definition) is 4. The second kappa shape index (κ2) is 13.4. The first-order valence-corrected chi connectivity index (χ1v) is 10.6. The zero-order valence-electron chi connectivity index (χ0n) is 18.5. The van der Waals surface area contributed by atoms with E-state index in [1.807, 2.05) is 0 Å². The third-order valence-corrected chi connectivity index (χ3v) is 4.91. The molecule has 1 aliphatic heterocycles. The monoisotopic (exact) mass is 508 g/mol. The molecule has 1 fully saturated rings. The molecule has 1 aromatic rings. The van der Waals surface area contributed by atoms with Crippen LogP contribution in [0.25, 0.3) is 10.4 Å². The highest BCUT2D eigenvalue weighted by atomic mass is 19.4. The van der Waals surface area contributed by atoms with Gasteiger partial charge in [0.15, 0.2) is 6.23 Å². The standard InChI is InChI=1S/C20H27F3N4O8/c21-20(22,23)19(31)35-14(24)9-11-3-5-12(6-4-11)33-18-17(30)16(29)15(28)13(34-18)10-32-8-2-1-7-26-27-25/h3-6,13-18,28-30H,1-2,7-10,24H2/t13-,14?,15-,16+,17-,18-/m1/s1. The number of aliphatic hydroxyl groups is 3. The van der Waals surface area contributed by atoms with Gasteiger partial charge in [0.05, 0.1) is 6.61 Å². The summed E-state index contributed by atoms with van der Waals surface area (Å²) in [5.74, 6) is -2.21. The van der Waals surface area contributed by atoms with E-state index in [1.54, 1.807) is 0 Å². The van der Waals surface area contributed by atoms with Crippen LogP contribution in [0.15, 0.2) is 29.4 Å². The van der Waals surface area contributed by atoms with E-state index in [0.29, 0.717) is 31.6 Å². The Bertz CT molecular complexity index is 854. The van der Waals surface area contributed by atoms with E-state index < -0.39 is 49.1 Å². The molecule has 15 heteroatoms. The molecule has 0 aromatic heterocycles. The van der Waals surface area contributed by atoms with Crippen molar-refractivity contribution in [1.29, 1.82) is 0 Å². The molecule has 35 heavy (non-hydrogen) atoms. The lowest BCUT2D eigenvalue weighted by atomic mass is 9.99. The molecule has 0 amide bonds. The lowest BCUT2D eigenvalue weighted by Gasteiger charge is -2.40. The second-order valence-corrected chi connectivity index (χ2v) is 7.66. The summed E-state index contributed by atoms with van der Waals surface area (Å²) in [5.41, 5.74) is 14.1. The minimum Gasteiger partial charge on any atom is -0.462 e. The number of alkyl halides is 3. The third kappa shape index (κ3) is 9.14. The van der Waals surface area contributed by atoms with Gasteiger partial charge in [0, 0.05) is 24.5 Å². The van der Waals surface area contributed by atoms with Crippen molar-refractivity contribution in [3.8, 4) is 5.75 Å². The Balaban J connectivity index is 1.87. The average molecular weight is 508 g/mol. The van der Waals surface area contributed by atoms with Crippen molar-refractivity contribution < 1.29 is 52.2 Å². The van der Waals surface area contributed by atoms with Crippen LogP contribution in [0.5, 0.6) is 5.75 Å². The highest BCUT2D eigenvalue weighted by molar-refractivity contribution is 5.75. The molecule has 1 saturated heterocycles. The SMILES string of the molecule is [N-]=[N+]=NCCCCOC[C@H]1O[C@@H](Oc2ccc(CC(N)OC(=O)C(F)(F)F)cc2)[C@H](O)[C@@H](O)[C@@H]1O. The number of azide groups is 1. The smallest absolute Gasteiger partial charge is 0.462 e. The lowest BCUT2D eigenvalue weighted by molar-refractivity contribution is -0.279. The Morgan fingerprint density at radius 1 is 1.17 bits per heavy atom. The van der Waals surface area contributed by atoms with Crippen molar-refractivity contribution >= 4 is 5.97 Å². The Morgan fingerprint density at radius 3 is 2.49 bits per heavy atom. The van der Waals surface area contributed by atoms with Gasteiger partial charge in [-0.3, -0.25) is 5.73 Å². The first-order valence-electron chi connectivity index (χ1n) is 10.6. The van der Waals surface area contributed by atoms with Gasteiger partial charge in [-0.15, -0.1) is 0 Å². The van der Waals surface area contributed by atoms with Crippen molar-refractivity contribution in [2.45, 2.75) is 62.4 Å². The van der Waals surface area contributed by atoms with E-state index in [2.05, 4.69) is 14.8 Å². The number of rotatable bonds is 12. The molecule has 1 heterocycles. The van der Waals surface area contributed by atoms with Gasteiger partial charge in [-0.25, -0.2) is 4.79 Å². The number of nitrogens with two attached hydrogens (primary N) is 1. The van der Waals surface area contributed by atoms with Gasteiger partial charge in [-0.05, 0) is 36.1 Å². The molecule has 0 saturated carbocycles. The summed E-state index contributed by atoms with van der Waals surface area (Å²) in [6, 6.07) is 5.73. The lowest BCUT2D eigenvalue weighted by Crippen LogP contribution is -2.60. The fourth-order valence-corrected chi connectivity index (χ4v) is 3.10. The zero-order valence-corrected chi connectivity index (χ0v) is 18.5. The molecule has 0 aliphatic carbocycles. The first-order chi connectivity index (χ1) is 16.5. The molecule has 1 unspecified atom stereocenters. The molecular formula is C20H27F3N4O8. The third-order valence-electron chi connectivity index (χ3n) is 4.91. The molecule has 1 aliphatic rings. The number of nitrogens with zero attached hydrogens (tertiary/aromatic N) is 3. The molecule has 0 spiro atoms. The van der Waals surface area contributed by atoms with Crippen molar-refractivity contribution in [2.75, 3.05) is 19.8 Å². The van der Waals surface area contributed by atoms with Gasteiger partial charge in [0.1, 0.15) is 30.2 Å². The van der Waals surface area contributed by atoms with Crippen molar-refractivity contribution in [1.82, 2.24) is 0 Å². The number of unbranched alkanes of at least 4 members (excludes halogenated alkanes) is 1. The highest BCUT2D eigenvalue weighted by Crippen LogP contribution is 2.25. The topological polar surface area (TPSA) is 189 Å². The number of carbonyl (C=O) groups is 1. The molecule has 6 atom stereocenters. The van der Waals surface area contributed by atoms with Crippen LogP contribution in [0, 0.1) is 0 Å². The van der Waals surface area contributed by atoms with Crippen molar-refractivity contribution in [3.63, 3.8) is 0 Å². The number of aliphatic hydroxyl groups excluding tert-OH is 3. The van der Waals surface area contributed by atoms with E-state index in [4.69, 9.17) is 25.5 Å². The average Bonchev–Trinajstić information content (AvgIpc) is 2.80. The summed E-state index contributed by atoms with van der Waals surface area (Å²) < 4.78 is 57.4. The van der Waals surface area contributed by atoms with Crippen LogP contribution in [0.1, 0.15) is 18.4 Å². The number of ether oxygens (including phenoxy) is 4. The minimum absolute atomic E-state index is 0.0974. The number of hydrogen-bond acceptors (Lipinski definition) is 10. The van der Waals surface area contributed by atoms with Gasteiger partial charge >= 0.3 is 12.1 Å². The van der Waals surface area contributed by atoms with Gasteiger partial charge in [-0.1, -0.05) is 17.2 Å². The minimum atomic E-state index is -5.15. The van der Waals surface area contributed by atoms with Crippen LogP contribution in [-0.4, -0.2) is 84.2 Å². The molecule has 0 bridgehead atoms. The molecule has 2 rings (SSSR count). The zero-order chi connectivity index (χ0) is 26.0. The summed E-state index contributed by atoms with van der Waals surface area (Å²) in [6.45, 7) is 0.520. The van der Waals surface area contributed by atoms with Crippen LogP contribution in [0.2, 0.25) is 0 Å². The maximum atomic E-state index is 12.2. The molecular weight excluding hydrogens is 481 g/mol. The maximum Gasteiger partial charge on any atom is 0.490 e. The fraction of sp³-hybridized carbons (Fsp3) is 0.650.